The van der Waals surface area contributed by atoms with Crippen LogP contribution in [-0.4, -0.2) is 33.8 Å². The van der Waals surface area contributed by atoms with Gasteiger partial charge in [0.1, 0.15) is 5.75 Å². The number of benzene rings is 1. The Bertz CT molecular complexity index is 444. The maximum atomic E-state index is 5.31. The van der Waals surface area contributed by atoms with Crippen molar-refractivity contribution < 1.29 is 4.74 Å². The van der Waals surface area contributed by atoms with E-state index in [0.29, 0.717) is 17.4 Å². The third-order valence-electron chi connectivity index (χ3n) is 4.79. The molecule has 1 aliphatic carbocycles. The number of hydrogen-bond donors (Lipinski definition) is 1. The molecule has 112 valence electrons. The zero-order valence-electron chi connectivity index (χ0n) is 13.4. The first-order valence-corrected chi connectivity index (χ1v) is 7.50. The van der Waals surface area contributed by atoms with Gasteiger partial charge < -0.3 is 15.0 Å². The smallest absolute Gasteiger partial charge is 0.120 e. The van der Waals surface area contributed by atoms with E-state index in [1.807, 2.05) is 6.07 Å². The predicted octanol–water partition coefficient (Wildman–Crippen LogP) is 3.16. The molecule has 3 heteroatoms. The van der Waals surface area contributed by atoms with Gasteiger partial charge >= 0.3 is 0 Å². The fraction of sp³-hybridized carbons (Fsp3) is 0.647. The van der Waals surface area contributed by atoms with E-state index >= 15 is 0 Å². The first-order chi connectivity index (χ1) is 9.47. The Hall–Kier alpha value is -1.22. The summed E-state index contributed by atoms with van der Waals surface area (Å²) in [7, 11) is 5.98. The zero-order valence-corrected chi connectivity index (χ0v) is 13.4. The van der Waals surface area contributed by atoms with Crippen LogP contribution >= 0.6 is 0 Å². The molecular formula is C17H28N2O. The highest BCUT2D eigenvalue weighted by Crippen LogP contribution is 2.41. The standard InChI is InChI=1S/C17H28N2O/c1-17(2)10-9-13(16(17)18-3)12-19(4)14-7-6-8-15(11-14)20-5/h6-8,11,13,16,18H,9-10,12H2,1-5H3. The van der Waals surface area contributed by atoms with E-state index in [1.165, 1.54) is 18.5 Å². The maximum absolute atomic E-state index is 5.31. The minimum absolute atomic E-state index is 0.397. The van der Waals surface area contributed by atoms with E-state index in [9.17, 15) is 0 Å². The molecule has 2 rings (SSSR count). The number of anilines is 1. The fourth-order valence-electron chi connectivity index (χ4n) is 3.65. The van der Waals surface area contributed by atoms with Crippen molar-refractivity contribution in [3.63, 3.8) is 0 Å². The summed E-state index contributed by atoms with van der Waals surface area (Å²) in [5, 5.41) is 3.53. The van der Waals surface area contributed by atoms with Crippen LogP contribution in [0.25, 0.3) is 0 Å². The van der Waals surface area contributed by atoms with Gasteiger partial charge in [0.15, 0.2) is 0 Å². The number of hydrogen-bond acceptors (Lipinski definition) is 3. The molecule has 0 saturated heterocycles. The Balaban J connectivity index is 2.06. The summed E-state index contributed by atoms with van der Waals surface area (Å²) in [6.45, 7) is 5.83. The SMILES string of the molecule is CNC1C(CN(C)c2cccc(OC)c2)CCC1(C)C. The maximum Gasteiger partial charge on any atom is 0.120 e. The molecule has 0 amide bonds. The largest absolute Gasteiger partial charge is 0.497 e. The molecule has 20 heavy (non-hydrogen) atoms. The fourth-order valence-corrected chi connectivity index (χ4v) is 3.65. The van der Waals surface area contributed by atoms with Crippen LogP contribution in [0.4, 0.5) is 5.69 Å². The van der Waals surface area contributed by atoms with Crippen LogP contribution in [0.15, 0.2) is 24.3 Å². The summed E-state index contributed by atoms with van der Waals surface area (Å²) >= 11 is 0. The zero-order chi connectivity index (χ0) is 14.8. The third-order valence-corrected chi connectivity index (χ3v) is 4.79. The molecule has 0 aromatic heterocycles. The molecule has 0 bridgehead atoms. The summed E-state index contributed by atoms with van der Waals surface area (Å²) in [5.41, 5.74) is 1.62. The van der Waals surface area contributed by atoms with Crippen molar-refractivity contribution in [3.05, 3.63) is 24.3 Å². The lowest BCUT2D eigenvalue weighted by atomic mass is 9.85. The molecule has 1 saturated carbocycles. The van der Waals surface area contributed by atoms with E-state index in [2.05, 4.69) is 56.4 Å². The second kappa shape index (κ2) is 6.04. The van der Waals surface area contributed by atoms with Crippen LogP contribution in [0.5, 0.6) is 5.75 Å². The Morgan fingerprint density at radius 3 is 2.80 bits per heavy atom. The summed E-state index contributed by atoms with van der Waals surface area (Å²) in [5.74, 6) is 1.62. The van der Waals surface area contributed by atoms with E-state index < -0.39 is 0 Å². The van der Waals surface area contributed by atoms with E-state index in [4.69, 9.17) is 4.74 Å². The van der Waals surface area contributed by atoms with Gasteiger partial charge in [-0.05, 0) is 43.4 Å². The van der Waals surface area contributed by atoms with E-state index in [0.717, 1.165) is 12.3 Å². The lowest BCUT2D eigenvalue weighted by molar-refractivity contribution is 0.263. The number of rotatable bonds is 5. The molecule has 0 spiro atoms. The third kappa shape index (κ3) is 3.09. The van der Waals surface area contributed by atoms with E-state index in [-0.39, 0.29) is 0 Å². The Labute approximate surface area is 123 Å². The van der Waals surface area contributed by atoms with Crippen LogP contribution in [-0.2, 0) is 0 Å². The van der Waals surface area contributed by atoms with Crippen molar-refractivity contribution >= 4 is 5.69 Å². The monoisotopic (exact) mass is 276 g/mol. The normalized spacial score (nSPS) is 24.6. The second-order valence-corrected chi connectivity index (χ2v) is 6.64. The average Bonchev–Trinajstić information content (AvgIpc) is 2.73. The van der Waals surface area contributed by atoms with Gasteiger partial charge in [-0.25, -0.2) is 0 Å². The predicted molar refractivity (Wildman–Crippen MR) is 85.6 cm³/mol. The molecule has 1 N–H and O–H groups in total. The number of ether oxygens (including phenoxy) is 1. The highest BCUT2D eigenvalue weighted by atomic mass is 16.5. The van der Waals surface area contributed by atoms with Gasteiger partial charge in [0, 0.05) is 31.4 Å². The van der Waals surface area contributed by atoms with Gasteiger partial charge in [-0.3, -0.25) is 0 Å². The molecule has 2 atom stereocenters. The molecule has 1 fully saturated rings. The highest BCUT2D eigenvalue weighted by molar-refractivity contribution is 5.50. The Morgan fingerprint density at radius 1 is 1.40 bits per heavy atom. The average molecular weight is 276 g/mol. The topological polar surface area (TPSA) is 24.5 Å². The quantitative estimate of drug-likeness (QED) is 0.894. The minimum atomic E-state index is 0.397. The van der Waals surface area contributed by atoms with Crippen LogP contribution in [0, 0.1) is 11.3 Å². The minimum Gasteiger partial charge on any atom is -0.497 e. The van der Waals surface area contributed by atoms with Crippen LogP contribution in [0.1, 0.15) is 26.7 Å². The summed E-state index contributed by atoms with van der Waals surface area (Å²) in [6.07, 6.45) is 2.60. The van der Waals surface area contributed by atoms with Crippen molar-refractivity contribution in [1.82, 2.24) is 5.32 Å². The number of nitrogens with one attached hydrogen (secondary N) is 1. The van der Waals surface area contributed by atoms with Gasteiger partial charge in [0.05, 0.1) is 7.11 Å². The summed E-state index contributed by atoms with van der Waals surface area (Å²) in [4.78, 5) is 2.35. The van der Waals surface area contributed by atoms with E-state index in [1.54, 1.807) is 7.11 Å². The number of methoxy groups -OCH3 is 1. The Kier molecular flexibility index (Phi) is 4.59. The van der Waals surface area contributed by atoms with Crippen molar-refractivity contribution in [2.45, 2.75) is 32.7 Å². The van der Waals surface area contributed by atoms with Crippen molar-refractivity contribution in [1.29, 1.82) is 0 Å². The van der Waals surface area contributed by atoms with Gasteiger partial charge in [-0.2, -0.15) is 0 Å². The van der Waals surface area contributed by atoms with Gasteiger partial charge in [-0.15, -0.1) is 0 Å². The molecule has 3 nitrogen and oxygen atoms in total. The first-order valence-electron chi connectivity index (χ1n) is 7.50. The number of nitrogens with zero attached hydrogens (tertiary/aromatic N) is 1. The van der Waals surface area contributed by atoms with Crippen LogP contribution < -0.4 is 15.0 Å². The lowest BCUT2D eigenvalue weighted by Gasteiger charge is -2.33. The molecule has 1 aromatic rings. The highest BCUT2D eigenvalue weighted by Gasteiger charge is 2.41. The molecule has 1 aliphatic rings. The van der Waals surface area contributed by atoms with Crippen molar-refractivity contribution in [3.8, 4) is 5.75 Å². The van der Waals surface area contributed by atoms with Gasteiger partial charge in [0.2, 0.25) is 0 Å². The summed E-state index contributed by atoms with van der Waals surface area (Å²) in [6, 6.07) is 8.90. The molecule has 2 unspecified atom stereocenters. The molecule has 1 aromatic carbocycles. The molecule has 0 aliphatic heterocycles. The van der Waals surface area contributed by atoms with Crippen molar-refractivity contribution in [2.75, 3.05) is 32.6 Å². The molecule has 0 radical (unpaired) electrons. The molecule has 0 heterocycles. The lowest BCUT2D eigenvalue weighted by Crippen LogP contribution is -2.43. The first kappa shape index (κ1) is 15.2. The molecular weight excluding hydrogens is 248 g/mol. The van der Waals surface area contributed by atoms with Crippen molar-refractivity contribution in [2.24, 2.45) is 11.3 Å². The Morgan fingerprint density at radius 2 is 2.15 bits per heavy atom. The van der Waals surface area contributed by atoms with Gasteiger partial charge in [-0.1, -0.05) is 19.9 Å². The van der Waals surface area contributed by atoms with Gasteiger partial charge in [0.25, 0.3) is 0 Å². The summed E-state index contributed by atoms with van der Waals surface area (Å²) < 4.78 is 5.31. The van der Waals surface area contributed by atoms with Crippen LogP contribution in [0.3, 0.4) is 0 Å². The second-order valence-electron chi connectivity index (χ2n) is 6.64. The van der Waals surface area contributed by atoms with Crippen LogP contribution in [0.2, 0.25) is 0 Å².